The fourth-order valence-electron chi connectivity index (χ4n) is 3.94. The van der Waals surface area contributed by atoms with Gasteiger partial charge in [0.1, 0.15) is 0 Å². The zero-order valence-electron chi connectivity index (χ0n) is 14.4. The number of nitrogens with zero attached hydrogens (tertiary/aromatic N) is 3. The maximum Gasteiger partial charge on any atom is 0.0726 e. The first kappa shape index (κ1) is 15.3. The van der Waals surface area contributed by atoms with Gasteiger partial charge in [-0.3, -0.25) is 4.98 Å². The zero-order valence-corrected chi connectivity index (χ0v) is 14.4. The van der Waals surface area contributed by atoms with E-state index in [1.54, 1.807) is 0 Å². The highest BCUT2D eigenvalue weighted by molar-refractivity contribution is 5.94. The van der Waals surface area contributed by atoms with Gasteiger partial charge >= 0.3 is 0 Å². The van der Waals surface area contributed by atoms with E-state index in [1.165, 1.54) is 22.3 Å². The largest absolute Gasteiger partial charge is 0.369 e. The first-order valence-electron chi connectivity index (χ1n) is 8.32. The van der Waals surface area contributed by atoms with Crippen LogP contribution in [0.25, 0.3) is 10.9 Å². The molecular formula is C19H27N3. The van der Waals surface area contributed by atoms with E-state index in [0.717, 1.165) is 25.0 Å². The van der Waals surface area contributed by atoms with Gasteiger partial charge in [0, 0.05) is 30.2 Å². The van der Waals surface area contributed by atoms with E-state index in [9.17, 15) is 0 Å². The monoisotopic (exact) mass is 297 g/mol. The van der Waals surface area contributed by atoms with Gasteiger partial charge in [-0.05, 0) is 45.0 Å². The predicted molar refractivity (Wildman–Crippen MR) is 94.7 cm³/mol. The van der Waals surface area contributed by atoms with Crippen LogP contribution in [0.2, 0.25) is 0 Å². The van der Waals surface area contributed by atoms with Gasteiger partial charge in [0.15, 0.2) is 0 Å². The lowest BCUT2D eigenvalue weighted by atomic mass is 10.0. The molecule has 0 spiro atoms. The number of aromatic nitrogens is 1. The van der Waals surface area contributed by atoms with Crippen LogP contribution in [0.4, 0.5) is 5.69 Å². The maximum absolute atomic E-state index is 4.81. The average molecular weight is 297 g/mol. The Hall–Kier alpha value is -1.61. The molecule has 2 aromatic rings. The van der Waals surface area contributed by atoms with Crippen LogP contribution in [-0.4, -0.2) is 43.1 Å². The molecule has 3 nitrogen and oxygen atoms in total. The molecule has 22 heavy (non-hydrogen) atoms. The molecule has 0 saturated carbocycles. The molecule has 118 valence electrons. The molecule has 1 aliphatic heterocycles. The Balaban J connectivity index is 2.13. The lowest BCUT2D eigenvalue weighted by molar-refractivity contribution is 0.266. The number of para-hydroxylation sites is 1. The maximum atomic E-state index is 4.81. The summed E-state index contributed by atoms with van der Waals surface area (Å²) in [6.45, 7) is 8.99. The fraction of sp³-hybridized carbons (Fsp3) is 0.526. The van der Waals surface area contributed by atoms with Crippen molar-refractivity contribution in [1.29, 1.82) is 0 Å². The number of fused-ring (bicyclic) bond motifs is 1. The van der Waals surface area contributed by atoms with E-state index in [4.69, 9.17) is 4.98 Å². The van der Waals surface area contributed by atoms with Crippen LogP contribution >= 0.6 is 0 Å². The van der Waals surface area contributed by atoms with Gasteiger partial charge in [-0.2, -0.15) is 0 Å². The summed E-state index contributed by atoms with van der Waals surface area (Å²) in [6.07, 6.45) is 1.04. The molecule has 3 heteroatoms. The molecule has 1 aromatic carbocycles. The number of anilines is 1. The molecule has 1 fully saturated rings. The Morgan fingerprint density at radius 1 is 1.23 bits per heavy atom. The van der Waals surface area contributed by atoms with Crippen molar-refractivity contribution in [2.24, 2.45) is 5.92 Å². The number of benzene rings is 1. The topological polar surface area (TPSA) is 19.4 Å². The van der Waals surface area contributed by atoms with Crippen LogP contribution in [0.1, 0.15) is 25.1 Å². The zero-order chi connectivity index (χ0) is 15.9. The van der Waals surface area contributed by atoms with E-state index < -0.39 is 0 Å². The molecule has 1 saturated heterocycles. The fourth-order valence-corrected chi connectivity index (χ4v) is 3.94. The van der Waals surface area contributed by atoms with Crippen molar-refractivity contribution in [3.8, 4) is 0 Å². The van der Waals surface area contributed by atoms with Gasteiger partial charge in [0.2, 0.25) is 0 Å². The quantitative estimate of drug-likeness (QED) is 0.864. The smallest absolute Gasteiger partial charge is 0.0726 e. The van der Waals surface area contributed by atoms with E-state index >= 15 is 0 Å². The van der Waals surface area contributed by atoms with Crippen molar-refractivity contribution in [3.05, 3.63) is 35.5 Å². The van der Waals surface area contributed by atoms with Gasteiger partial charge < -0.3 is 9.80 Å². The minimum absolute atomic E-state index is 0.622. The summed E-state index contributed by atoms with van der Waals surface area (Å²) < 4.78 is 0. The summed E-state index contributed by atoms with van der Waals surface area (Å²) in [7, 11) is 4.39. The standard InChI is InChI=1S/C19H27N3/c1-6-15-14(3)20-17-10-8-7-9-16(17)19(15)22-11-13(2)18(12-22)21(4)5/h7-10,13,18H,6,11-12H2,1-5H3. The third-order valence-corrected chi connectivity index (χ3v) is 5.08. The molecule has 3 rings (SSSR count). The van der Waals surface area contributed by atoms with Crippen molar-refractivity contribution in [2.75, 3.05) is 32.1 Å². The van der Waals surface area contributed by atoms with Crippen molar-refractivity contribution >= 4 is 16.6 Å². The lowest BCUT2D eigenvalue weighted by Gasteiger charge is -2.26. The SMILES string of the molecule is CCc1c(C)nc2ccccc2c1N1CC(C)C(N(C)C)C1. The molecular weight excluding hydrogens is 270 g/mol. The first-order chi connectivity index (χ1) is 10.5. The summed E-state index contributed by atoms with van der Waals surface area (Å²) in [5.74, 6) is 0.687. The molecule has 2 unspecified atom stereocenters. The summed E-state index contributed by atoms with van der Waals surface area (Å²) in [4.78, 5) is 9.77. The summed E-state index contributed by atoms with van der Waals surface area (Å²) in [5.41, 5.74) is 5.12. The van der Waals surface area contributed by atoms with Crippen molar-refractivity contribution < 1.29 is 0 Å². The second-order valence-corrected chi connectivity index (χ2v) is 6.81. The summed E-state index contributed by atoms with van der Waals surface area (Å²) in [5, 5.41) is 1.30. The Morgan fingerprint density at radius 3 is 2.59 bits per heavy atom. The molecule has 0 N–H and O–H groups in total. The third kappa shape index (κ3) is 2.48. The molecule has 0 aliphatic carbocycles. The van der Waals surface area contributed by atoms with Crippen LogP contribution in [0.5, 0.6) is 0 Å². The highest BCUT2D eigenvalue weighted by Gasteiger charge is 2.33. The van der Waals surface area contributed by atoms with E-state index in [1.807, 2.05) is 0 Å². The van der Waals surface area contributed by atoms with E-state index in [0.29, 0.717) is 12.0 Å². The molecule has 0 amide bonds. The van der Waals surface area contributed by atoms with Crippen molar-refractivity contribution in [3.63, 3.8) is 0 Å². The first-order valence-corrected chi connectivity index (χ1v) is 8.32. The van der Waals surface area contributed by atoms with Gasteiger partial charge in [-0.25, -0.2) is 0 Å². The van der Waals surface area contributed by atoms with Gasteiger partial charge in [0.05, 0.1) is 11.2 Å². The number of aryl methyl sites for hydroxylation is 1. The van der Waals surface area contributed by atoms with Gasteiger partial charge in [0.25, 0.3) is 0 Å². The molecule has 2 heterocycles. The number of pyridine rings is 1. The van der Waals surface area contributed by atoms with Gasteiger partial charge in [-0.15, -0.1) is 0 Å². The molecule has 0 bridgehead atoms. The Bertz CT molecular complexity index is 678. The average Bonchev–Trinajstić information content (AvgIpc) is 2.87. The van der Waals surface area contributed by atoms with Crippen LogP contribution < -0.4 is 4.90 Å². The van der Waals surface area contributed by atoms with Crippen molar-refractivity contribution in [1.82, 2.24) is 9.88 Å². The van der Waals surface area contributed by atoms with E-state index in [2.05, 4.69) is 68.9 Å². The number of likely N-dealkylation sites (N-methyl/N-ethyl adjacent to an activating group) is 1. The molecule has 1 aliphatic rings. The number of hydrogen-bond acceptors (Lipinski definition) is 3. The Labute approximate surface area is 133 Å². The Morgan fingerprint density at radius 2 is 1.95 bits per heavy atom. The second-order valence-electron chi connectivity index (χ2n) is 6.81. The number of hydrogen-bond donors (Lipinski definition) is 0. The van der Waals surface area contributed by atoms with Crippen LogP contribution in [-0.2, 0) is 6.42 Å². The van der Waals surface area contributed by atoms with Crippen molar-refractivity contribution in [2.45, 2.75) is 33.2 Å². The second kappa shape index (κ2) is 5.88. The summed E-state index contributed by atoms with van der Waals surface area (Å²) in [6, 6.07) is 9.19. The highest BCUT2D eigenvalue weighted by Crippen LogP contribution is 2.36. The molecule has 0 radical (unpaired) electrons. The van der Waals surface area contributed by atoms with Gasteiger partial charge in [-0.1, -0.05) is 32.0 Å². The highest BCUT2D eigenvalue weighted by atomic mass is 15.2. The van der Waals surface area contributed by atoms with Crippen LogP contribution in [0.15, 0.2) is 24.3 Å². The molecule has 2 atom stereocenters. The normalized spacial score (nSPS) is 22.0. The minimum atomic E-state index is 0.622. The Kier molecular flexibility index (Phi) is 4.09. The predicted octanol–water partition coefficient (Wildman–Crippen LogP) is 3.49. The minimum Gasteiger partial charge on any atom is -0.369 e. The van der Waals surface area contributed by atoms with Crippen LogP contribution in [0, 0.1) is 12.8 Å². The number of rotatable bonds is 3. The van der Waals surface area contributed by atoms with E-state index in [-0.39, 0.29) is 0 Å². The molecule has 1 aromatic heterocycles. The third-order valence-electron chi connectivity index (χ3n) is 5.08. The lowest BCUT2D eigenvalue weighted by Crippen LogP contribution is -2.34. The van der Waals surface area contributed by atoms with Crippen LogP contribution in [0.3, 0.4) is 0 Å². The summed E-state index contributed by atoms with van der Waals surface area (Å²) >= 11 is 0.